The molecule has 2 amide bonds. The maximum Gasteiger partial charge on any atom is 0.256 e. The highest BCUT2D eigenvalue weighted by Gasteiger charge is 2.66. The maximum absolute atomic E-state index is 12.6. The highest BCUT2D eigenvalue weighted by molar-refractivity contribution is 6.08. The Kier molecular flexibility index (Phi) is 3.36. The number of imide groups is 1. The molecule has 2 rings (SSSR count). The Morgan fingerprint density at radius 1 is 1.42 bits per heavy atom. The molecule has 2 bridgehead atoms. The Morgan fingerprint density at radius 2 is 2.05 bits per heavy atom. The number of likely N-dealkylation sites (tertiary alicyclic amines) is 1. The first-order chi connectivity index (χ1) is 8.77. The minimum atomic E-state index is -0.363. The Morgan fingerprint density at radius 3 is 2.53 bits per heavy atom. The highest BCUT2D eigenvalue weighted by Crippen LogP contribution is 2.60. The zero-order valence-corrected chi connectivity index (χ0v) is 12.7. The summed E-state index contributed by atoms with van der Waals surface area (Å²) in [7, 11) is 0. The fraction of sp³-hybridized carbons (Fsp3) is 0.750. The standard InChI is InChI=1S/C16H25NO2/c1-6-7-8-11(2)13(18)17-12-9-10-16(5,14(17)19)15(12,3)4/h8,12H,6-7,9-10H2,1-5H3/b11-8+/t12-,16-/m0/s1. The molecule has 2 fully saturated rings. The summed E-state index contributed by atoms with van der Waals surface area (Å²) in [6.07, 6.45) is 5.72. The van der Waals surface area contributed by atoms with Crippen molar-refractivity contribution in [3.63, 3.8) is 0 Å². The molecule has 2 aliphatic rings. The molecule has 3 heteroatoms. The molecule has 1 saturated carbocycles. The molecule has 0 aromatic carbocycles. The van der Waals surface area contributed by atoms with Crippen molar-refractivity contribution in [1.29, 1.82) is 0 Å². The van der Waals surface area contributed by atoms with Crippen LogP contribution in [-0.2, 0) is 9.59 Å². The van der Waals surface area contributed by atoms with Crippen LogP contribution in [0.1, 0.15) is 60.3 Å². The molecular weight excluding hydrogens is 238 g/mol. The van der Waals surface area contributed by atoms with E-state index in [-0.39, 0.29) is 28.7 Å². The van der Waals surface area contributed by atoms with Crippen LogP contribution in [0.3, 0.4) is 0 Å². The van der Waals surface area contributed by atoms with E-state index in [1.807, 2.05) is 19.9 Å². The van der Waals surface area contributed by atoms with Crippen molar-refractivity contribution < 1.29 is 9.59 Å². The third-order valence-corrected chi connectivity index (χ3v) is 5.47. The van der Waals surface area contributed by atoms with Gasteiger partial charge in [-0.05, 0) is 31.6 Å². The third kappa shape index (κ3) is 1.78. The predicted molar refractivity (Wildman–Crippen MR) is 75.4 cm³/mol. The highest BCUT2D eigenvalue weighted by atomic mass is 16.2. The molecule has 1 heterocycles. The summed E-state index contributed by atoms with van der Waals surface area (Å²) >= 11 is 0. The molecule has 1 aliphatic heterocycles. The number of rotatable bonds is 3. The number of hydrogen-bond donors (Lipinski definition) is 0. The van der Waals surface area contributed by atoms with E-state index >= 15 is 0 Å². The second-order valence-electron chi connectivity index (χ2n) is 6.76. The van der Waals surface area contributed by atoms with Gasteiger partial charge in [0.1, 0.15) is 0 Å². The predicted octanol–water partition coefficient (Wildman–Crippen LogP) is 3.30. The van der Waals surface area contributed by atoms with E-state index in [9.17, 15) is 9.59 Å². The van der Waals surface area contributed by atoms with Crippen LogP contribution in [0.15, 0.2) is 11.6 Å². The van der Waals surface area contributed by atoms with E-state index in [0.717, 1.165) is 25.7 Å². The molecular formula is C16H25NO2. The minimum Gasteiger partial charge on any atom is -0.275 e. The zero-order valence-electron chi connectivity index (χ0n) is 12.7. The molecule has 0 aromatic rings. The van der Waals surface area contributed by atoms with Crippen LogP contribution in [0.4, 0.5) is 0 Å². The summed E-state index contributed by atoms with van der Waals surface area (Å²) < 4.78 is 0. The van der Waals surface area contributed by atoms with Crippen molar-refractivity contribution >= 4 is 11.8 Å². The van der Waals surface area contributed by atoms with Gasteiger partial charge in [-0.3, -0.25) is 14.5 Å². The van der Waals surface area contributed by atoms with Gasteiger partial charge in [0.25, 0.3) is 5.91 Å². The normalized spacial score (nSPS) is 33.1. The fourth-order valence-corrected chi connectivity index (χ4v) is 3.59. The van der Waals surface area contributed by atoms with Crippen LogP contribution in [0.5, 0.6) is 0 Å². The molecule has 0 aromatic heterocycles. The maximum atomic E-state index is 12.6. The van der Waals surface area contributed by atoms with Gasteiger partial charge in [-0.1, -0.05) is 40.2 Å². The van der Waals surface area contributed by atoms with Gasteiger partial charge in [0, 0.05) is 11.6 Å². The van der Waals surface area contributed by atoms with Gasteiger partial charge < -0.3 is 0 Å². The first kappa shape index (κ1) is 14.3. The van der Waals surface area contributed by atoms with E-state index in [1.54, 1.807) is 4.90 Å². The number of carbonyl (C=O) groups is 2. The summed E-state index contributed by atoms with van der Waals surface area (Å²) in [5.41, 5.74) is 0.241. The number of piperidine rings is 1. The lowest BCUT2D eigenvalue weighted by atomic mass is 9.70. The molecule has 1 aliphatic carbocycles. The summed E-state index contributed by atoms with van der Waals surface area (Å²) in [4.78, 5) is 26.7. The number of amides is 2. The number of nitrogens with zero attached hydrogens (tertiary/aromatic N) is 1. The van der Waals surface area contributed by atoms with Crippen molar-refractivity contribution in [2.45, 2.75) is 66.3 Å². The van der Waals surface area contributed by atoms with Crippen molar-refractivity contribution in [2.75, 3.05) is 0 Å². The van der Waals surface area contributed by atoms with Gasteiger partial charge in [-0.15, -0.1) is 0 Å². The Hall–Kier alpha value is -1.12. The number of allylic oxidation sites excluding steroid dienone is 1. The summed E-state index contributed by atoms with van der Waals surface area (Å²) in [6.45, 7) is 10.2. The molecule has 0 unspecified atom stereocenters. The summed E-state index contributed by atoms with van der Waals surface area (Å²) in [5, 5.41) is 0. The van der Waals surface area contributed by atoms with E-state index < -0.39 is 0 Å². The Bertz CT molecular complexity index is 450. The van der Waals surface area contributed by atoms with E-state index in [0.29, 0.717) is 5.57 Å². The van der Waals surface area contributed by atoms with Crippen LogP contribution < -0.4 is 0 Å². The molecule has 1 saturated heterocycles. The number of fused-ring (bicyclic) bond motifs is 2. The van der Waals surface area contributed by atoms with Crippen molar-refractivity contribution in [1.82, 2.24) is 4.90 Å². The Balaban J connectivity index is 2.29. The van der Waals surface area contributed by atoms with Gasteiger partial charge in [0.2, 0.25) is 5.91 Å². The molecule has 2 atom stereocenters. The summed E-state index contributed by atoms with van der Waals surface area (Å²) in [5.74, 6) is -0.0528. The number of unbranched alkanes of at least 4 members (excludes halogenated alkanes) is 1. The van der Waals surface area contributed by atoms with Crippen LogP contribution >= 0.6 is 0 Å². The van der Waals surface area contributed by atoms with E-state index in [4.69, 9.17) is 0 Å². The topological polar surface area (TPSA) is 37.4 Å². The SMILES string of the molecule is CCC/C=C(\C)C(=O)N1C(=O)[C@]2(C)CC[C@H]1C2(C)C. The average molecular weight is 263 g/mol. The quantitative estimate of drug-likeness (QED) is 0.733. The van der Waals surface area contributed by atoms with Crippen LogP contribution in [0.2, 0.25) is 0 Å². The second kappa shape index (κ2) is 4.46. The van der Waals surface area contributed by atoms with Crippen molar-refractivity contribution in [3.05, 3.63) is 11.6 Å². The van der Waals surface area contributed by atoms with Gasteiger partial charge >= 0.3 is 0 Å². The van der Waals surface area contributed by atoms with Crippen molar-refractivity contribution in [3.8, 4) is 0 Å². The number of carbonyl (C=O) groups excluding carboxylic acids is 2. The van der Waals surface area contributed by atoms with Crippen LogP contribution in [0.25, 0.3) is 0 Å². The van der Waals surface area contributed by atoms with E-state index in [2.05, 4.69) is 20.8 Å². The Labute approximate surface area is 116 Å². The average Bonchev–Trinajstić information content (AvgIpc) is 2.67. The lowest BCUT2D eigenvalue weighted by Gasteiger charge is -2.29. The van der Waals surface area contributed by atoms with Crippen molar-refractivity contribution in [2.24, 2.45) is 10.8 Å². The molecule has 3 nitrogen and oxygen atoms in total. The second-order valence-corrected chi connectivity index (χ2v) is 6.76. The van der Waals surface area contributed by atoms with Gasteiger partial charge in [-0.2, -0.15) is 0 Å². The van der Waals surface area contributed by atoms with Gasteiger partial charge in [0.05, 0.1) is 5.41 Å². The largest absolute Gasteiger partial charge is 0.275 e. The smallest absolute Gasteiger partial charge is 0.256 e. The monoisotopic (exact) mass is 263 g/mol. The first-order valence-corrected chi connectivity index (χ1v) is 7.32. The van der Waals surface area contributed by atoms with Crippen LogP contribution in [-0.4, -0.2) is 22.8 Å². The lowest BCUT2D eigenvalue weighted by molar-refractivity contribution is -0.147. The number of hydrogen-bond acceptors (Lipinski definition) is 2. The molecule has 0 radical (unpaired) electrons. The fourth-order valence-electron chi connectivity index (χ4n) is 3.59. The van der Waals surface area contributed by atoms with Gasteiger partial charge in [0.15, 0.2) is 0 Å². The zero-order chi connectivity index (χ0) is 14.4. The summed E-state index contributed by atoms with van der Waals surface area (Å²) in [6, 6.07) is 0.0717. The molecule has 19 heavy (non-hydrogen) atoms. The third-order valence-electron chi connectivity index (χ3n) is 5.47. The minimum absolute atomic E-state index is 0.0306. The molecule has 0 N–H and O–H groups in total. The molecule has 106 valence electrons. The van der Waals surface area contributed by atoms with Crippen LogP contribution in [0, 0.1) is 10.8 Å². The van der Waals surface area contributed by atoms with E-state index in [1.165, 1.54) is 0 Å². The lowest BCUT2D eigenvalue weighted by Crippen LogP contribution is -2.44. The first-order valence-electron chi connectivity index (χ1n) is 7.32. The molecule has 0 spiro atoms. The van der Waals surface area contributed by atoms with Gasteiger partial charge in [-0.25, -0.2) is 0 Å².